The van der Waals surface area contributed by atoms with Crippen LogP contribution in [0.25, 0.3) is 22.2 Å². The highest BCUT2D eigenvalue weighted by molar-refractivity contribution is 5.85. The number of hydrogen-bond donors (Lipinski definition) is 1. The van der Waals surface area contributed by atoms with E-state index in [1.165, 1.54) is 25.3 Å². The molecule has 0 fully saturated rings. The molecule has 1 aromatic heterocycles. The maximum atomic E-state index is 13.0. The van der Waals surface area contributed by atoms with Gasteiger partial charge in [0.05, 0.1) is 23.6 Å². The van der Waals surface area contributed by atoms with Crippen LogP contribution < -0.4 is 10.2 Å². The van der Waals surface area contributed by atoms with E-state index in [-0.39, 0.29) is 10.9 Å². The zero-order chi connectivity index (χ0) is 16.6. The van der Waals surface area contributed by atoms with Crippen molar-refractivity contribution in [2.75, 3.05) is 7.11 Å². The number of halogens is 3. The Bertz CT molecular complexity index is 912. The molecule has 6 heteroatoms. The summed E-state index contributed by atoms with van der Waals surface area (Å²) in [5.41, 5.74) is -0.320. The maximum absolute atomic E-state index is 13.0. The Morgan fingerprint density at radius 2 is 1.74 bits per heavy atom. The van der Waals surface area contributed by atoms with E-state index in [4.69, 9.17) is 4.74 Å². The van der Waals surface area contributed by atoms with E-state index in [2.05, 4.69) is 4.98 Å². The Labute approximate surface area is 129 Å². The summed E-state index contributed by atoms with van der Waals surface area (Å²) in [6.45, 7) is 0. The lowest BCUT2D eigenvalue weighted by atomic mass is 10.0. The molecule has 0 radical (unpaired) electrons. The Balaban J connectivity index is 2.21. The highest BCUT2D eigenvalue weighted by Gasteiger charge is 2.33. The van der Waals surface area contributed by atoms with Crippen molar-refractivity contribution in [3.63, 3.8) is 0 Å². The molecule has 0 bridgehead atoms. The number of aromatic amines is 1. The lowest BCUT2D eigenvalue weighted by Gasteiger charge is -2.11. The second kappa shape index (κ2) is 5.46. The third kappa shape index (κ3) is 2.79. The van der Waals surface area contributed by atoms with E-state index in [0.717, 1.165) is 6.07 Å². The van der Waals surface area contributed by atoms with Crippen molar-refractivity contribution in [3.05, 3.63) is 64.3 Å². The van der Waals surface area contributed by atoms with E-state index in [1.807, 2.05) is 0 Å². The van der Waals surface area contributed by atoms with Crippen LogP contribution in [0.15, 0.2) is 53.3 Å². The van der Waals surface area contributed by atoms with Gasteiger partial charge >= 0.3 is 6.18 Å². The minimum Gasteiger partial charge on any atom is -0.497 e. The summed E-state index contributed by atoms with van der Waals surface area (Å²) in [7, 11) is 1.53. The summed E-state index contributed by atoms with van der Waals surface area (Å²) in [5, 5.41) is -0.350. The number of H-pyrrole nitrogens is 1. The monoisotopic (exact) mass is 319 g/mol. The Kier molecular flexibility index (Phi) is 3.60. The molecule has 23 heavy (non-hydrogen) atoms. The zero-order valence-corrected chi connectivity index (χ0v) is 12.1. The molecule has 0 atom stereocenters. The summed E-state index contributed by atoms with van der Waals surface area (Å²) in [6.07, 6.45) is -4.58. The van der Waals surface area contributed by atoms with Gasteiger partial charge in [-0.2, -0.15) is 13.2 Å². The third-order valence-corrected chi connectivity index (χ3v) is 3.56. The molecule has 0 spiro atoms. The lowest BCUT2D eigenvalue weighted by Crippen LogP contribution is -2.12. The summed E-state index contributed by atoms with van der Waals surface area (Å²) in [4.78, 5) is 15.1. The molecule has 3 aromatic rings. The van der Waals surface area contributed by atoms with Crippen molar-refractivity contribution < 1.29 is 17.9 Å². The number of aromatic nitrogens is 1. The van der Waals surface area contributed by atoms with Gasteiger partial charge in [0.1, 0.15) is 5.75 Å². The van der Waals surface area contributed by atoms with Gasteiger partial charge in [-0.1, -0.05) is 6.07 Å². The number of nitrogens with one attached hydrogen (secondary N) is 1. The lowest BCUT2D eigenvalue weighted by molar-refractivity contribution is -0.136. The van der Waals surface area contributed by atoms with Gasteiger partial charge in [0.2, 0.25) is 0 Å². The van der Waals surface area contributed by atoms with Gasteiger partial charge in [0.25, 0.3) is 0 Å². The number of benzene rings is 2. The van der Waals surface area contributed by atoms with Gasteiger partial charge < -0.3 is 9.72 Å². The quantitative estimate of drug-likeness (QED) is 0.768. The van der Waals surface area contributed by atoms with Crippen LogP contribution in [0.4, 0.5) is 13.2 Å². The van der Waals surface area contributed by atoms with Crippen molar-refractivity contribution >= 4 is 10.9 Å². The van der Waals surface area contributed by atoms with Gasteiger partial charge in [0, 0.05) is 11.8 Å². The van der Waals surface area contributed by atoms with Crippen LogP contribution in [0.5, 0.6) is 5.75 Å². The Hall–Kier alpha value is -2.76. The summed E-state index contributed by atoms with van der Waals surface area (Å²) in [6, 6.07) is 11.7. The van der Waals surface area contributed by atoms with E-state index >= 15 is 0 Å². The summed E-state index contributed by atoms with van der Waals surface area (Å²) >= 11 is 0. The molecule has 3 rings (SSSR count). The predicted octanol–water partition coefficient (Wildman–Crippen LogP) is 4.22. The average molecular weight is 319 g/mol. The standard InChI is InChI=1S/C17H12F3NO2/c1-23-11-7-5-10(6-8-11)14-9-15(22)16-12(17(18,19)20)3-2-4-13(16)21-14/h2-9H,1H3,(H,21,22). The Morgan fingerprint density at radius 1 is 1.04 bits per heavy atom. The molecular weight excluding hydrogens is 307 g/mol. The fourth-order valence-corrected chi connectivity index (χ4v) is 2.47. The molecule has 0 amide bonds. The first-order valence-corrected chi connectivity index (χ1v) is 6.78. The molecule has 0 unspecified atom stereocenters. The number of ether oxygens (including phenoxy) is 1. The van der Waals surface area contributed by atoms with Gasteiger partial charge in [-0.05, 0) is 42.0 Å². The zero-order valence-electron chi connectivity index (χ0n) is 12.1. The number of methoxy groups -OCH3 is 1. The average Bonchev–Trinajstić information content (AvgIpc) is 2.53. The molecule has 2 aromatic carbocycles. The molecule has 0 saturated heterocycles. The van der Waals surface area contributed by atoms with E-state index in [9.17, 15) is 18.0 Å². The number of alkyl halides is 3. The molecule has 3 nitrogen and oxygen atoms in total. The van der Waals surface area contributed by atoms with Gasteiger partial charge in [0.15, 0.2) is 5.43 Å². The molecule has 0 aliphatic rings. The number of hydrogen-bond acceptors (Lipinski definition) is 2. The normalized spacial score (nSPS) is 11.7. The Morgan fingerprint density at radius 3 is 2.35 bits per heavy atom. The van der Waals surface area contributed by atoms with Crippen LogP contribution >= 0.6 is 0 Å². The van der Waals surface area contributed by atoms with Crippen molar-refractivity contribution in [2.24, 2.45) is 0 Å². The van der Waals surface area contributed by atoms with Crippen LogP contribution in [0.2, 0.25) is 0 Å². The van der Waals surface area contributed by atoms with Gasteiger partial charge in [-0.15, -0.1) is 0 Å². The fourth-order valence-electron chi connectivity index (χ4n) is 2.47. The van der Waals surface area contributed by atoms with Gasteiger partial charge in [-0.3, -0.25) is 4.79 Å². The van der Waals surface area contributed by atoms with Crippen molar-refractivity contribution in [1.82, 2.24) is 4.98 Å². The second-order valence-corrected chi connectivity index (χ2v) is 5.00. The third-order valence-electron chi connectivity index (χ3n) is 3.56. The molecule has 0 aliphatic heterocycles. The smallest absolute Gasteiger partial charge is 0.417 e. The topological polar surface area (TPSA) is 42.1 Å². The minimum absolute atomic E-state index is 0.151. The van der Waals surface area contributed by atoms with E-state index in [0.29, 0.717) is 17.0 Å². The highest BCUT2D eigenvalue weighted by atomic mass is 19.4. The highest BCUT2D eigenvalue weighted by Crippen LogP contribution is 2.33. The van der Waals surface area contributed by atoms with Crippen LogP contribution in [0.1, 0.15) is 5.56 Å². The molecule has 118 valence electrons. The largest absolute Gasteiger partial charge is 0.497 e. The first-order valence-electron chi connectivity index (χ1n) is 6.78. The van der Waals surface area contributed by atoms with Crippen LogP contribution in [-0.2, 0) is 6.18 Å². The first-order chi connectivity index (χ1) is 10.9. The molecular formula is C17H12F3NO2. The number of pyridine rings is 1. The molecule has 0 aliphatic carbocycles. The van der Waals surface area contributed by atoms with Crippen molar-refractivity contribution in [3.8, 4) is 17.0 Å². The first kappa shape index (κ1) is 15.1. The number of rotatable bonds is 2. The van der Waals surface area contributed by atoms with Crippen molar-refractivity contribution in [1.29, 1.82) is 0 Å². The van der Waals surface area contributed by atoms with Crippen molar-refractivity contribution in [2.45, 2.75) is 6.18 Å². The van der Waals surface area contributed by atoms with Crippen LogP contribution in [0, 0.1) is 0 Å². The number of fused-ring (bicyclic) bond motifs is 1. The van der Waals surface area contributed by atoms with E-state index in [1.54, 1.807) is 24.3 Å². The molecule has 0 saturated carbocycles. The second-order valence-electron chi connectivity index (χ2n) is 5.00. The van der Waals surface area contributed by atoms with Crippen LogP contribution in [0.3, 0.4) is 0 Å². The summed E-state index contributed by atoms with van der Waals surface area (Å²) in [5.74, 6) is 0.649. The van der Waals surface area contributed by atoms with Crippen LogP contribution in [-0.4, -0.2) is 12.1 Å². The molecule has 1 N–H and O–H groups in total. The summed E-state index contributed by atoms with van der Waals surface area (Å²) < 4.78 is 44.2. The molecule has 1 heterocycles. The fraction of sp³-hybridized carbons (Fsp3) is 0.118. The van der Waals surface area contributed by atoms with E-state index < -0.39 is 17.2 Å². The predicted molar refractivity (Wildman–Crippen MR) is 81.6 cm³/mol. The SMILES string of the molecule is COc1ccc(-c2cc(=O)c3c(C(F)(F)F)cccc3[nH]2)cc1. The maximum Gasteiger partial charge on any atom is 0.417 e. The van der Waals surface area contributed by atoms with Gasteiger partial charge in [-0.25, -0.2) is 0 Å². The minimum atomic E-state index is -4.58.